The number of nitrogens with zero attached hydrogens (tertiary/aromatic N) is 2. The third-order valence-electron chi connectivity index (χ3n) is 3.70. The summed E-state index contributed by atoms with van der Waals surface area (Å²) in [7, 11) is -1.68. The number of hydrogen-bond donors (Lipinski definition) is 1. The molecule has 102 valence electrons. The second-order valence-electron chi connectivity index (χ2n) is 5.10. The van der Waals surface area contributed by atoms with Crippen molar-refractivity contribution in [1.29, 1.82) is 0 Å². The summed E-state index contributed by atoms with van der Waals surface area (Å²) in [6.45, 7) is 6.91. The van der Waals surface area contributed by atoms with Crippen molar-refractivity contribution < 1.29 is 8.42 Å². The van der Waals surface area contributed by atoms with Crippen LogP contribution in [-0.4, -0.2) is 49.2 Å². The summed E-state index contributed by atoms with van der Waals surface area (Å²) >= 11 is 0. The van der Waals surface area contributed by atoms with Gasteiger partial charge in [0.25, 0.3) is 10.2 Å². The monoisotopic (exact) mass is 263 g/mol. The van der Waals surface area contributed by atoms with Gasteiger partial charge in [-0.15, -0.1) is 0 Å². The molecule has 0 aromatic carbocycles. The lowest BCUT2D eigenvalue weighted by Gasteiger charge is -2.38. The first-order valence-corrected chi connectivity index (χ1v) is 7.69. The van der Waals surface area contributed by atoms with Gasteiger partial charge in [0.1, 0.15) is 0 Å². The normalized spacial score (nSPS) is 27.9. The van der Waals surface area contributed by atoms with Gasteiger partial charge in [0.2, 0.25) is 0 Å². The summed E-state index contributed by atoms with van der Waals surface area (Å²) in [6, 6.07) is 0.117. The Labute approximate surface area is 105 Å². The van der Waals surface area contributed by atoms with Crippen LogP contribution in [0.5, 0.6) is 0 Å². The maximum atomic E-state index is 12.3. The molecule has 0 radical (unpaired) electrons. The molecule has 0 aromatic rings. The average Bonchev–Trinajstić information content (AvgIpc) is 2.28. The topological polar surface area (TPSA) is 66.6 Å². The third-order valence-corrected chi connectivity index (χ3v) is 5.83. The molecule has 0 aliphatic carbocycles. The summed E-state index contributed by atoms with van der Waals surface area (Å²) < 4.78 is 27.6. The number of nitrogens with two attached hydrogens (primary N) is 1. The highest BCUT2D eigenvalue weighted by Crippen LogP contribution is 2.22. The summed E-state index contributed by atoms with van der Waals surface area (Å²) in [5.74, 6) is 0.277. The van der Waals surface area contributed by atoms with Gasteiger partial charge >= 0.3 is 0 Å². The minimum absolute atomic E-state index is 0.0179. The molecular formula is C11H25N3O2S. The van der Waals surface area contributed by atoms with E-state index < -0.39 is 10.2 Å². The first kappa shape index (κ1) is 14.9. The molecule has 1 aliphatic heterocycles. The Morgan fingerprint density at radius 2 is 2.06 bits per heavy atom. The minimum Gasteiger partial charge on any atom is -0.327 e. The van der Waals surface area contributed by atoms with Crippen molar-refractivity contribution in [3.05, 3.63) is 0 Å². The molecule has 6 heteroatoms. The maximum Gasteiger partial charge on any atom is 0.281 e. The van der Waals surface area contributed by atoms with E-state index in [1.54, 1.807) is 11.4 Å². The Morgan fingerprint density at radius 3 is 2.53 bits per heavy atom. The van der Waals surface area contributed by atoms with Gasteiger partial charge in [-0.05, 0) is 26.2 Å². The van der Waals surface area contributed by atoms with Crippen LogP contribution in [0.15, 0.2) is 0 Å². The van der Waals surface area contributed by atoms with Gasteiger partial charge in [-0.25, -0.2) is 0 Å². The van der Waals surface area contributed by atoms with Gasteiger partial charge in [-0.3, -0.25) is 0 Å². The quantitative estimate of drug-likeness (QED) is 0.809. The molecule has 17 heavy (non-hydrogen) atoms. The molecule has 2 N–H and O–H groups in total. The molecule has 0 saturated carbocycles. The van der Waals surface area contributed by atoms with Crippen LogP contribution >= 0.6 is 0 Å². The van der Waals surface area contributed by atoms with Crippen LogP contribution in [0.3, 0.4) is 0 Å². The molecule has 0 spiro atoms. The Kier molecular flexibility index (Phi) is 4.95. The highest BCUT2D eigenvalue weighted by molar-refractivity contribution is 7.86. The van der Waals surface area contributed by atoms with Crippen LogP contribution in [-0.2, 0) is 10.2 Å². The molecule has 1 saturated heterocycles. The van der Waals surface area contributed by atoms with Crippen molar-refractivity contribution in [3.63, 3.8) is 0 Å². The third kappa shape index (κ3) is 3.19. The zero-order valence-electron chi connectivity index (χ0n) is 11.3. The maximum absolute atomic E-state index is 12.3. The summed E-state index contributed by atoms with van der Waals surface area (Å²) in [5, 5.41) is 0. The molecule has 2 unspecified atom stereocenters. The van der Waals surface area contributed by atoms with Gasteiger partial charge in [-0.2, -0.15) is 17.0 Å². The highest BCUT2D eigenvalue weighted by Gasteiger charge is 2.35. The van der Waals surface area contributed by atoms with Crippen molar-refractivity contribution >= 4 is 10.2 Å². The van der Waals surface area contributed by atoms with Crippen molar-refractivity contribution in [2.75, 3.05) is 20.1 Å². The summed E-state index contributed by atoms with van der Waals surface area (Å²) in [6.07, 6.45) is 1.68. The van der Waals surface area contributed by atoms with Crippen LogP contribution < -0.4 is 5.73 Å². The molecule has 2 atom stereocenters. The second kappa shape index (κ2) is 5.65. The Balaban J connectivity index is 2.80. The van der Waals surface area contributed by atoms with E-state index in [4.69, 9.17) is 5.73 Å². The second-order valence-corrected chi connectivity index (χ2v) is 7.08. The van der Waals surface area contributed by atoms with Crippen molar-refractivity contribution in [3.8, 4) is 0 Å². The number of hydrogen-bond acceptors (Lipinski definition) is 3. The van der Waals surface area contributed by atoms with E-state index in [0.29, 0.717) is 13.1 Å². The van der Waals surface area contributed by atoms with Crippen molar-refractivity contribution in [2.24, 2.45) is 11.7 Å². The molecule has 0 amide bonds. The van der Waals surface area contributed by atoms with Gasteiger partial charge < -0.3 is 5.73 Å². The zero-order chi connectivity index (χ0) is 13.2. The van der Waals surface area contributed by atoms with E-state index in [2.05, 4.69) is 6.92 Å². The summed E-state index contributed by atoms with van der Waals surface area (Å²) in [4.78, 5) is 0. The van der Waals surface area contributed by atoms with E-state index in [9.17, 15) is 8.42 Å². The van der Waals surface area contributed by atoms with Crippen LogP contribution in [0, 0.1) is 5.92 Å². The minimum atomic E-state index is -3.32. The fourth-order valence-corrected chi connectivity index (χ4v) is 3.72. The van der Waals surface area contributed by atoms with E-state index in [-0.39, 0.29) is 18.0 Å². The van der Waals surface area contributed by atoms with Crippen LogP contribution in [0.1, 0.15) is 33.6 Å². The fraction of sp³-hybridized carbons (Fsp3) is 1.00. The number of rotatable bonds is 4. The molecular weight excluding hydrogens is 238 g/mol. The Bertz CT molecular complexity index is 343. The largest absolute Gasteiger partial charge is 0.327 e. The van der Waals surface area contributed by atoms with E-state index in [0.717, 1.165) is 12.8 Å². The Hall–Kier alpha value is -0.170. The predicted octanol–water partition coefficient (Wildman–Crippen LogP) is 0.631. The smallest absolute Gasteiger partial charge is 0.281 e. The lowest BCUT2D eigenvalue weighted by molar-refractivity contribution is 0.216. The van der Waals surface area contributed by atoms with Gasteiger partial charge in [-0.1, -0.05) is 13.3 Å². The fourth-order valence-electron chi connectivity index (χ4n) is 2.11. The molecule has 1 rings (SSSR count). The lowest BCUT2D eigenvalue weighted by Crippen LogP contribution is -2.53. The first-order valence-electron chi connectivity index (χ1n) is 6.29. The van der Waals surface area contributed by atoms with Crippen molar-refractivity contribution in [1.82, 2.24) is 8.61 Å². The first-order chi connectivity index (χ1) is 7.80. The summed E-state index contributed by atoms with van der Waals surface area (Å²) in [5.41, 5.74) is 6.00. The van der Waals surface area contributed by atoms with Crippen LogP contribution in [0.25, 0.3) is 0 Å². The average molecular weight is 263 g/mol. The predicted molar refractivity (Wildman–Crippen MR) is 69.8 cm³/mol. The van der Waals surface area contributed by atoms with Crippen LogP contribution in [0.4, 0.5) is 0 Å². The zero-order valence-corrected chi connectivity index (χ0v) is 12.1. The highest BCUT2D eigenvalue weighted by atomic mass is 32.2. The van der Waals surface area contributed by atoms with Gasteiger partial charge in [0, 0.05) is 32.2 Å². The van der Waals surface area contributed by atoms with E-state index in [1.807, 2.05) is 13.8 Å². The Morgan fingerprint density at radius 1 is 1.47 bits per heavy atom. The van der Waals surface area contributed by atoms with Crippen molar-refractivity contribution in [2.45, 2.75) is 45.7 Å². The molecule has 0 bridgehead atoms. The van der Waals surface area contributed by atoms with E-state index in [1.165, 1.54) is 4.31 Å². The van der Waals surface area contributed by atoms with Gasteiger partial charge in [0.15, 0.2) is 0 Å². The molecule has 1 fully saturated rings. The molecule has 0 aromatic heterocycles. The van der Waals surface area contributed by atoms with E-state index >= 15 is 0 Å². The molecule has 1 heterocycles. The lowest BCUT2D eigenvalue weighted by atomic mass is 9.92. The SMILES string of the molecule is CCC1CN(S(=O)(=O)N(C)C(C)C)CCC1N. The van der Waals surface area contributed by atoms with Gasteiger partial charge in [0.05, 0.1) is 0 Å². The molecule has 5 nitrogen and oxygen atoms in total. The molecule has 1 aliphatic rings. The van der Waals surface area contributed by atoms with Crippen LogP contribution in [0.2, 0.25) is 0 Å². The standard InChI is InChI=1S/C11H25N3O2S/c1-5-10-8-14(7-6-11(10)12)17(15,16)13(4)9(2)3/h9-11H,5-8,12H2,1-4H3. The number of piperidine rings is 1.